The largest absolute Gasteiger partial charge is 0.390 e. The summed E-state index contributed by atoms with van der Waals surface area (Å²) in [5.74, 6) is 0.468. The normalized spacial score (nSPS) is 45.9. The Bertz CT molecular complexity index is 262. The van der Waals surface area contributed by atoms with Gasteiger partial charge in [0.2, 0.25) is 5.91 Å². The maximum atomic E-state index is 11.4. The molecule has 2 aliphatic carbocycles. The molecule has 86 valence electrons. The number of carbonyl (C=O) groups is 1. The zero-order chi connectivity index (χ0) is 11.1. The van der Waals surface area contributed by atoms with Crippen molar-refractivity contribution in [2.45, 2.75) is 51.0 Å². The number of carbonyl (C=O) groups excluding carboxylic acids is 1. The zero-order valence-electron chi connectivity index (χ0n) is 9.41. The minimum atomic E-state index is -0.572. The molecule has 0 aromatic heterocycles. The number of hydrogen-bond acceptors (Lipinski definition) is 2. The molecule has 2 saturated carbocycles. The van der Waals surface area contributed by atoms with Crippen LogP contribution in [-0.2, 0) is 4.79 Å². The van der Waals surface area contributed by atoms with Gasteiger partial charge in [0.25, 0.3) is 0 Å². The monoisotopic (exact) mass is 211 g/mol. The van der Waals surface area contributed by atoms with E-state index in [9.17, 15) is 9.90 Å². The highest BCUT2D eigenvalue weighted by molar-refractivity contribution is 5.77. The van der Waals surface area contributed by atoms with Crippen molar-refractivity contribution in [2.75, 3.05) is 0 Å². The van der Waals surface area contributed by atoms with E-state index in [4.69, 9.17) is 5.73 Å². The molecule has 4 atom stereocenters. The second kappa shape index (κ2) is 3.78. The molecule has 0 heterocycles. The van der Waals surface area contributed by atoms with Gasteiger partial charge in [0.1, 0.15) is 0 Å². The van der Waals surface area contributed by atoms with Crippen LogP contribution in [-0.4, -0.2) is 16.6 Å². The van der Waals surface area contributed by atoms with Crippen molar-refractivity contribution in [3.63, 3.8) is 0 Å². The van der Waals surface area contributed by atoms with Crippen LogP contribution in [0.2, 0.25) is 0 Å². The van der Waals surface area contributed by atoms with Gasteiger partial charge in [-0.2, -0.15) is 0 Å². The average molecular weight is 211 g/mol. The molecule has 2 rings (SSSR count). The summed E-state index contributed by atoms with van der Waals surface area (Å²) in [6.07, 6.45) is 5.98. The van der Waals surface area contributed by atoms with Crippen LogP contribution in [0.4, 0.5) is 0 Å². The van der Waals surface area contributed by atoms with Gasteiger partial charge in [-0.1, -0.05) is 12.8 Å². The van der Waals surface area contributed by atoms with Crippen LogP contribution in [0.3, 0.4) is 0 Å². The molecule has 0 saturated heterocycles. The van der Waals surface area contributed by atoms with E-state index in [-0.39, 0.29) is 17.7 Å². The summed E-state index contributed by atoms with van der Waals surface area (Å²) in [5, 5.41) is 10.3. The highest BCUT2D eigenvalue weighted by atomic mass is 16.3. The van der Waals surface area contributed by atoms with Crippen LogP contribution < -0.4 is 5.73 Å². The number of amides is 1. The highest BCUT2D eigenvalue weighted by Gasteiger charge is 2.47. The summed E-state index contributed by atoms with van der Waals surface area (Å²) < 4.78 is 0. The molecule has 0 aliphatic heterocycles. The second-order valence-corrected chi connectivity index (χ2v) is 5.46. The SMILES string of the molecule is CC1(O)CCC(C(N)=O)C2CCCCC21. The molecule has 1 amide bonds. The number of hydrogen-bond donors (Lipinski definition) is 2. The van der Waals surface area contributed by atoms with E-state index in [1.165, 1.54) is 12.8 Å². The van der Waals surface area contributed by atoms with E-state index in [0.29, 0.717) is 5.92 Å². The Morgan fingerprint density at radius 1 is 1.33 bits per heavy atom. The van der Waals surface area contributed by atoms with E-state index in [2.05, 4.69) is 0 Å². The van der Waals surface area contributed by atoms with Crippen molar-refractivity contribution >= 4 is 5.91 Å². The predicted octanol–water partition coefficient (Wildman–Crippen LogP) is 1.44. The highest BCUT2D eigenvalue weighted by Crippen LogP contribution is 2.48. The Labute approximate surface area is 91.0 Å². The van der Waals surface area contributed by atoms with Crippen molar-refractivity contribution in [3.8, 4) is 0 Å². The number of aliphatic hydroxyl groups is 1. The first-order valence-electron chi connectivity index (χ1n) is 6.04. The van der Waals surface area contributed by atoms with Gasteiger partial charge in [-0.3, -0.25) is 4.79 Å². The molecular weight excluding hydrogens is 190 g/mol. The van der Waals surface area contributed by atoms with E-state index in [1.807, 2.05) is 6.92 Å². The van der Waals surface area contributed by atoms with Crippen molar-refractivity contribution in [2.24, 2.45) is 23.5 Å². The van der Waals surface area contributed by atoms with Crippen molar-refractivity contribution < 1.29 is 9.90 Å². The summed E-state index contributed by atoms with van der Waals surface area (Å²) in [6, 6.07) is 0. The molecular formula is C12H21NO2. The zero-order valence-corrected chi connectivity index (χ0v) is 9.41. The number of primary amides is 1. The lowest BCUT2D eigenvalue weighted by Gasteiger charge is -2.48. The molecule has 4 unspecified atom stereocenters. The van der Waals surface area contributed by atoms with Gasteiger partial charge in [-0.05, 0) is 44.4 Å². The van der Waals surface area contributed by atoms with Crippen molar-refractivity contribution in [1.82, 2.24) is 0 Å². The minimum absolute atomic E-state index is 0.00975. The molecule has 3 nitrogen and oxygen atoms in total. The first-order chi connectivity index (χ1) is 7.02. The van der Waals surface area contributed by atoms with Gasteiger partial charge >= 0.3 is 0 Å². The van der Waals surface area contributed by atoms with E-state index in [0.717, 1.165) is 25.7 Å². The van der Waals surface area contributed by atoms with Crippen LogP contribution in [0.15, 0.2) is 0 Å². The van der Waals surface area contributed by atoms with E-state index >= 15 is 0 Å². The fraction of sp³-hybridized carbons (Fsp3) is 0.917. The maximum Gasteiger partial charge on any atom is 0.220 e. The van der Waals surface area contributed by atoms with Crippen molar-refractivity contribution in [1.29, 1.82) is 0 Å². The van der Waals surface area contributed by atoms with Crippen LogP contribution in [0.1, 0.15) is 45.4 Å². The first kappa shape index (κ1) is 10.9. The summed E-state index contributed by atoms with van der Waals surface area (Å²) >= 11 is 0. The Hall–Kier alpha value is -0.570. The third-order valence-corrected chi connectivity index (χ3v) is 4.46. The summed E-state index contributed by atoms with van der Waals surface area (Å²) in [6.45, 7) is 1.92. The standard InChI is InChI=1S/C12H21NO2/c1-12(15)7-6-9(11(13)14)8-4-2-3-5-10(8)12/h8-10,15H,2-7H2,1H3,(H2,13,14). The minimum Gasteiger partial charge on any atom is -0.390 e. The van der Waals surface area contributed by atoms with Crippen LogP contribution in [0.5, 0.6) is 0 Å². The van der Waals surface area contributed by atoms with Crippen molar-refractivity contribution in [3.05, 3.63) is 0 Å². The average Bonchev–Trinajstić information content (AvgIpc) is 2.17. The Kier molecular flexibility index (Phi) is 2.75. The Balaban J connectivity index is 2.19. The third kappa shape index (κ3) is 1.89. The number of rotatable bonds is 1. The second-order valence-electron chi connectivity index (χ2n) is 5.46. The molecule has 0 spiro atoms. The number of nitrogens with two attached hydrogens (primary N) is 1. The van der Waals surface area contributed by atoms with Gasteiger partial charge in [-0.15, -0.1) is 0 Å². The van der Waals surface area contributed by atoms with Crippen LogP contribution in [0.25, 0.3) is 0 Å². The molecule has 2 aliphatic rings. The quantitative estimate of drug-likeness (QED) is 0.689. The van der Waals surface area contributed by atoms with Gasteiger partial charge in [0, 0.05) is 5.92 Å². The maximum absolute atomic E-state index is 11.4. The molecule has 3 N–H and O–H groups in total. The lowest BCUT2D eigenvalue weighted by Crippen LogP contribution is -2.50. The lowest BCUT2D eigenvalue weighted by atomic mass is 9.59. The summed E-state index contributed by atoms with van der Waals surface area (Å²) in [5.41, 5.74) is 4.87. The fourth-order valence-electron chi connectivity index (χ4n) is 3.61. The molecule has 2 fully saturated rings. The van der Waals surface area contributed by atoms with E-state index < -0.39 is 5.60 Å². The topological polar surface area (TPSA) is 63.3 Å². The predicted molar refractivity (Wildman–Crippen MR) is 58.0 cm³/mol. The molecule has 0 radical (unpaired) electrons. The van der Waals surface area contributed by atoms with Gasteiger partial charge in [0.15, 0.2) is 0 Å². The van der Waals surface area contributed by atoms with E-state index in [1.54, 1.807) is 0 Å². The summed E-state index contributed by atoms with van der Waals surface area (Å²) in [4.78, 5) is 11.4. The molecule has 0 aromatic carbocycles. The molecule has 3 heteroatoms. The summed E-state index contributed by atoms with van der Waals surface area (Å²) in [7, 11) is 0. The molecule has 0 aromatic rings. The fourth-order valence-corrected chi connectivity index (χ4v) is 3.61. The van der Waals surface area contributed by atoms with Crippen LogP contribution >= 0.6 is 0 Å². The lowest BCUT2D eigenvalue weighted by molar-refractivity contribution is -0.136. The smallest absolute Gasteiger partial charge is 0.220 e. The molecule has 15 heavy (non-hydrogen) atoms. The van der Waals surface area contributed by atoms with Gasteiger partial charge in [-0.25, -0.2) is 0 Å². The first-order valence-corrected chi connectivity index (χ1v) is 6.04. The number of fused-ring (bicyclic) bond motifs is 1. The molecule has 0 bridgehead atoms. The Morgan fingerprint density at radius 2 is 2.00 bits per heavy atom. The Morgan fingerprint density at radius 3 is 2.67 bits per heavy atom. The van der Waals surface area contributed by atoms with Gasteiger partial charge in [0.05, 0.1) is 5.60 Å². The third-order valence-electron chi connectivity index (χ3n) is 4.46. The van der Waals surface area contributed by atoms with Gasteiger partial charge < -0.3 is 10.8 Å². The van der Waals surface area contributed by atoms with Crippen LogP contribution in [0, 0.1) is 17.8 Å².